The first-order valence-electron chi connectivity index (χ1n) is 2.82. The molecule has 0 saturated heterocycles. The lowest BCUT2D eigenvalue weighted by Gasteiger charge is -2.17. The molecule has 58 valence electrons. The summed E-state index contributed by atoms with van der Waals surface area (Å²) in [4.78, 5) is 0. The van der Waals surface area contributed by atoms with Gasteiger partial charge in [0.05, 0.1) is 11.7 Å². The van der Waals surface area contributed by atoms with Crippen molar-refractivity contribution in [2.75, 3.05) is 0 Å². The van der Waals surface area contributed by atoms with Crippen molar-refractivity contribution in [1.82, 2.24) is 0 Å². The molecule has 1 atom stereocenters. The summed E-state index contributed by atoms with van der Waals surface area (Å²) in [5, 5.41) is 17.8. The molecule has 3 heteroatoms. The fourth-order valence-corrected chi connectivity index (χ4v) is 0.723. The zero-order chi connectivity index (χ0) is 6.78. The third-order valence-corrected chi connectivity index (χ3v) is 0.795. The summed E-state index contributed by atoms with van der Waals surface area (Å²) < 4.78 is 0. The molecular weight excluding hydrogens is 140 g/mol. The summed E-state index contributed by atoms with van der Waals surface area (Å²) >= 11 is 0. The van der Waals surface area contributed by atoms with Crippen molar-refractivity contribution in [2.24, 2.45) is 0 Å². The van der Waals surface area contributed by atoms with Gasteiger partial charge in [0, 0.05) is 6.42 Å². The molecule has 0 spiro atoms. The third kappa shape index (κ3) is 11.7. The van der Waals surface area contributed by atoms with Crippen LogP contribution in [0.25, 0.3) is 0 Å². The molecular formula is C6H15ClO2. The van der Waals surface area contributed by atoms with Crippen molar-refractivity contribution in [3.63, 3.8) is 0 Å². The molecule has 0 aromatic heterocycles. The van der Waals surface area contributed by atoms with Gasteiger partial charge in [-0.1, -0.05) is 0 Å². The fraction of sp³-hybridized carbons (Fsp3) is 1.00. The molecule has 0 aliphatic carbocycles. The van der Waals surface area contributed by atoms with Gasteiger partial charge in [-0.25, -0.2) is 0 Å². The number of halogens is 1. The van der Waals surface area contributed by atoms with Gasteiger partial charge in [-0.2, -0.15) is 0 Å². The van der Waals surface area contributed by atoms with Crippen LogP contribution >= 0.6 is 12.4 Å². The lowest BCUT2D eigenvalue weighted by molar-refractivity contribution is 0.0249. The molecule has 0 bridgehead atoms. The second-order valence-corrected chi connectivity index (χ2v) is 2.87. The third-order valence-electron chi connectivity index (χ3n) is 0.795. The average molecular weight is 155 g/mol. The molecule has 0 saturated carbocycles. The monoisotopic (exact) mass is 154 g/mol. The van der Waals surface area contributed by atoms with Crippen molar-refractivity contribution in [3.05, 3.63) is 0 Å². The summed E-state index contributed by atoms with van der Waals surface area (Å²) in [5.41, 5.74) is -0.728. The average Bonchev–Trinajstić information content (AvgIpc) is 1.21. The van der Waals surface area contributed by atoms with Crippen LogP contribution in [-0.4, -0.2) is 21.9 Å². The first-order valence-corrected chi connectivity index (χ1v) is 2.82. The standard InChI is InChI=1S/C6H14O2.ClH/c1-5(7)4-6(2,3)8;/h5,7-8H,4H2,1-3H3;1H. The normalized spacial score (nSPS) is 14.3. The second-order valence-electron chi connectivity index (χ2n) is 2.87. The van der Waals surface area contributed by atoms with Crippen LogP contribution in [0, 0.1) is 0 Å². The Morgan fingerprint density at radius 1 is 1.44 bits per heavy atom. The second kappa shape index (κ2) is 4.09. The Balaban J connectivity index is 0. The van der Waals surface area contributed by atoms with Crippen LogP contribution in [0.4, 0.5) is 0 Å². The predicted octanol–water partition coefficient (Wildman–Crippen LogP) is 0.950. The van der Waals surface area contributed by atoms with E-state index < -0.39 is 11.7 Å². The molecule has 0 aliphatic rings. The molecule has 0 amide bonds. The predicted molar refractivity (Wildman–Crippen MR) is 39.8 cm³/mol. The van der Waals surface area contributed by atoms with Crippen LogP contribution in [0.5, 0.6) is 0 Å². The maximum atomic E-state index is 9.03. The topological polar surface area (TPSA) is 40.5 Å². The van der Waals surface area contributed by atoms with Crippen molar-refractivity contribution < 1.29 is 10.2 Å². The Bertz CT molecular complexity index is 65.9. The molecule has 0 fully saturated rings. The number of hydrogen-bond acceptors (Lipinski definition) is 2. The summed E-state index contributed by atoms with van der Waals surface area (Å²) in [6.07, 6.45) is 0.0301. The molecule has 2 N–H and O–H groups in total. The highest BCUT2D eigenvalue weighted by molar-refractivity contribution is 5.85. The number of rotatable bonds is 2. The maximum absolute atomic E-state index is 9.03. The Morgan fingerprint density at radius 2 is 1.78 bits per heavy atom. The van der Waals surface area contributed by atoms with Gasteiger partial charge in [0.1, 0.15) is 0 Å². The Hall–Kier alpha value is 0.210. The minimum Gasteiger partial charge on any atom is -0.393 e. The highest BCUT2D eigenvalue weighted by Gasteiger charge is 2.14. The quantitative estimate of drug-likeness (QED) is 0.622. The minimum atomic E-state index is -0.728. The maximum Gasteiger partial charge on any atom is 0.0616 e. The molecule has 0 aromatic rings. The van der Waals surface area contributed by atoms with Crippen LogP contribution in [-0.2, 0) is 0 Å². The van der Waals surface area contributed by atoms with Crippen LogP contribution in [0.3, 0.4) is 0 Å². The lowest BCUT2D eigenvalue weighted by atomic mass is 10.0. The molecule has 0 aromatic carbocycles. The molecule has 2 nitrogen and oxygen atoms in total. The zero-order valence-electron chi connectivity index (χ0n) is 6.09. The van der Waals surface area contributed by atoms with E-state index in [0.29, 0.717) is 6.42 Å². The Labute approximate surface area is 62.3 Å². The van der Waals surface area contributed by atoms with Crippen LogP contribution in [0.1, 0.15) is 27.2 Å². The fourth-order valence-electron chi connectivity index (χ4n) is 0.723. The Morgan fingerprint density at radius 3 is 1.78 bits per heavy atom. The van der Waals surface area contributed by atoms with Gasteiger partial charge in [0.2, 0.25) is 0 Å². The van der Waals surface area contributed by atoms with Gasteiger partial charge in [-0.15, -0.1) is 12.4 Å². The highest BCUT2D eigenvalue weighted by atomic mass is 35.5. The van der Waals surface area contributed by atoms with Crippen LogP contribution < -0.4 is 0 Å². The first-order chi connectivity index (χ1) is 3.42. The van der Waals surface area contributed by atoms with E-state index in [1.807, 2.05) is 0 Å². The van der Waals surface area contributed by atoms with E-state index in [4.69, 9.17) is 10.2 Å². The summed E-state index contributed by atoms with van der Waals surface area (Å²) in [6.45, 7) is 5.03. The van der Waals surface area contributed by atoms with E-state index in [9.17, 15) is 0 Å². The molecule has 0 rings (SSSR count). The molecule has 1 unspecified atom stereocenters. The highest BCUT2D eigenvalue weighted by Crippen LogP contribution is 2.09. The van der Waals surface area contributed by atoms with Gasteiger partial charge in [0.25, 0.3) is 0 Å². The molecule has 0 heterocycles. The molecule has 0 radical (unpaired) electrons. The van der Waals surface area contributed by atoms with Gasteiger partial charge in [0.15, 0.2) is 0 Å². The molecule has 0 aliphatic heterocycles. The van der Waals surface area contributed by atoms with Crippen LogP contribution in [0.15, 0.2) is 0 Å². The number of aliphatic hydroxyl groups is 2. The van der Waals surface area contributed by atoms with Gasteiger partial charge < -0.3 is 10.2 Å². The van der Waals surface area contributed by atoms with E-state index in [1.54, 1.807) is 20.8 Å². The van der Waals surface area contributed by atoms with Gasteiger partial charge in [-0.3, -0.25) is 0 Å². The van der Waals surface area contributed by atoms with E-state index in [0.717, 1.165) is 0 Å². The van der Waals surface area contributed by atoms with Crippen molar-refractivity contribution in [3.8, 4) is 0 Å². The summed E-state index contributed by atoms with van der Waals surface area (Å²) in [6, 6.07) is 0. The smallest absolute Gasteiger partial charge is 0.0616 e. The van der Waals surface area contributed by atoms with Crippen LogP contribution in [0.2, 0.25) is 0 Å². The van der Waals surface area contributed by atoms with Crippen molar-refractivity contribution in [1.29, 1.82) is 0 Å². The molecule has 9 heavy (non-hydrogen) atoms. The zero-order valence-corrected chi connectivity index (χ0v) is 6.90. The number of hydrogen-bond donors (Lipinski definition) is 2. The van der Waals surface area contributed by atoms with Crippen molar-refractivity contribution in [2.45, 2.75) is 38.9 Å². The van der Waals surface area contributed by atoms with Gasteiger partial charge >= 0.3 is 0 Å². The largest absolute Gasteiger partial charge is 0.393 e. The first kappa shape index (κ1) is 11.9. The van der Waals surface area contributed by atoms with Gasteiger partial charge in [-0.05, 0) is 20.8 Å². The van der Waals surface area contributed by atoms with E-state index in [-0.39, 0.29) is 12.4 Å². The number of aliphatic hydroxyl groups excluding tert-OH is 1. The van der Waals surface area contributed by atoms with Crippen molar-refractivity contribution >= 4 is 12.4 Å². The SMILES string of the molecule is CC(O)CC(C)(C)O.Cl. The summed E-state index contributed by atoms with van der Waals surface area (Å²) in [7, 11) is 0. The lowest BCUT2D eigenvalue weighted by Crippen LogP contribution is -2.24. The van der Waals surface area contributed by atoms with E-state index in [1.165, 1.54) is 0 Å². The van der Waals surface area contributed by atoms with E-state index >= 15 is 0 Å². The minimum absolute atomic E-state index is 0. The summed E-state index contributed by atoms with van der Waals surface area (Å²) in [5.74, 6) is 0. The Kier molecular flexibility index (Phi) is 5.43. The van der Waals surface area contributed by atoms with E-state index in [2.05, 4.69) is 0 Å².